The largest absolute Gasteiger partial charge is 0.497 e. The number of benzene rings is 3. The van der Waals surface area contributed by atoms with Gasteiger partial charge < -0.3 is 44.5 Å². The lowest BCUT2D eigenvalue weighted by atomic mass is 9.77. The zero-order chi connectivity index (χ0) is 35.5. The third kappa shape index (κ3) is 7.16. The van der Waals surface area contributed by atoms with Gasteiger partial charge in [0.1, 0.15) is 23.7 Å². The van der Waals surface area contributed by atoms with Crippen molar-refractivity contribution in [3.05, 3.63) is 94.1 Å². The molecule has 262 valence electrons. The number of fused-ring (bicyclic) bond motifs is 3. The van der Waals surface area contributed by atoms with Crippen LogP contribution in [0.1, 0.15) is 38.5 Å². The molecule has 1 heterocycles. The third-order valence-electron chi connectivity index (χ3n) is 8.68. The van der Waals surface area contributed by atoms with Gasteiger partial charge in [-0.1, -0.05) is 0 Å². The van der Waals surface area contributed by atoms with E-state index in [0.717, 1.165) is 24.3 Å². The smallest absolute Gasteiger partial charge is 0.416 e. The number of hydrogen-bond acceptors (Lipinski definition) is 9. The van der Waals surface area contributed by atoms with Crippen molar-refractivity contribution in [1.82, 2.24) is 10.2 Å². The minimum Gasteiger partial charge on any atom is -0.497 e. The van der Waals surface area contributed by atoms with Crippen LogP contribution in [0.5, 0.6) is 23.0 Å². The van der Waals surface area contributed by atoms with E-state index in [4.69, 9.17) is 18.9 Å². The summed E-state index contributed by atoms with van der Waals surface area (Å²) in [6, 6.07) is 10.8. The number of aliphatic hydroxyl groups is 3. The molecule has 0 saturated carbocycles. The molecule has 0 radical (unpaired) electrons. The van der Waals surface area contributed by atoms with Gasteiger partial charge in [0.2, 0.25) is 5.91 Å². The molecule has 1 aliphatic carbocycles. The van der Waals surface area contributed by atoms with Gasteiger partial charge in [0, 0.05) is 29.8 Å². The van der Waals surface area contributed by atoms with Crippen LogP contribution in [0.3, 0.4) is 0 Å². The zero-order valence-electron chi connectivity index (χ0n) is 27.0. The van der Waals surface area contributed by atoms with Crippen LogP contribution in [0.4, 0.5) is 13.2 Å². The first-order valence-electron chi connectivity index (χ1n) is 15.4. The average Bonchev–Trinajstić information content (AvgIpc) is 3.50. The zero-order valence-corrected chi connectivity index (χ0v) is 27.0. The molecule has 5 rings (SSSR count). The van der Waals surface area contributed by atoms with Crippen molar-refractivity contribution in [3.8, 4) is 23.0 Å². The molecular weight excluding hydrogens is 649 g/mol. The molecule has 0 bridgehead atoms. The molecule has 11 nitrogen and oxygen atoms in total. The Hall–Kier alpha value is -4.79. The Morgan fingerprint density at radius 3 is 2.29 bits per heavy atom. The maximum Gasteiger partial charge on any atom is 0.416 e. The summed E-state index contributed by atoms with van der Waals surface area (Å²) in [5.41, 5.74) is 0.688. The lowest BCUT2D eigenvalue weighted by molar-refractivity contribution is -0.137. The fourth-order valence-corrected chi connectivity index (χ4v) is 6.29. The lowest BCUT2D eigenvalue weighted by Gasteiger charge is -2.41. The Morgan fingerprint density at radius 2 is 1.67 bits per heavy atom. The summed E-state index contributed by atoms with van der Waals surface area (Å²) in [7, 11) is 4.38. The Kier molecular flexibility index (Phi) is 10.7. The highest BCUT2D eigenvalue weighted by Crippen LogP contribution is 2.51. The fraction of sp³-hybridized carbons (Fsp3) is 0.371. The molecule has 1 aliphatic heterocycles. The number of nitrogens with one attached hydrogen (secondary N) is 1. The molecule has 49 heavy (non-hydrogen) atoms. The van der Waals surface area contributed by atoms with Gasteiger partial charge in [0.15, 0.2) is 11.5 Å². The lowest BCUT2D eigenvalue weighted by Crippen LogP contribution is -2.56. The first-order valence-corrected chi connectivity index (χ1v) is 15.4. The van der Waals surface area contributed by atoms with Gasteiger partial charge in [0.05, 0.1) is 52.1 Å². The maximum atomic E-state index is 14.2. The number of amides is 2. The predicted molar refractivity (Wildman–Crippen MR) is 170 cm³/mol. The average molecular weight is 687 g/mol. The number of halogens is 3. The molecule has 3 aromatic carbocycles. The summed E-state index contributed by atoms with van der Waals surface area (Å²) in [4.78, 5) is 29.1. The second kappa shape index (κ2) is 14.8. The highest BCUT2D eigenvalue weighted by molar-refractivity contribution is 5.97. The number of carbonyl (C=O) groups excluding carboxylic acids is 2. The van der Waals surface area contributed by atoms with Crippen LogP contribution in [-0.4, -0.2) is 91.3 Å². The Bertz CT molecular complexity index is 1710. The van der Waals surface area contributed by atoms with E-state index in [0.29, 0.717) is 28.2 Å². The Balaban J connectivity index is 1.61. The van der Waals surface area contributed by atoms with Gasteiger partial charge >= 0.3 is 6.18 Å². The van der Waals surface area contributed by atoms with Crippen LogP contribution in [0.15, 0.2) is 66.2 Å². The van der Waals surface area contributed by atoms with Crippen molar-refractivity contribution in [1.29, 1.82) is 0 Å². The van der Waals surface area contributed by atoms with E-state index in [1.54, 1.807) is 30.3 Å². The third-order valence-corrected chi connectivity index (χ3v) is 8.68. The summed E-state index contributed by atoms with van der Waals surface area (Å²) < 4.78 is 62.7. The SMILES string of the molecule is COc1ccc(OC)c(CCN(C(=O)c2ccc(C(F)(F)F)cc2)C2C=C(C(=O)NCCO)C3c4cc(CO)cc(OC)c4OC3C2O)c1. The van der Waals surface area contributed by atoms with Gasteiger partial charge in [-0.3, -0.25) is 9.59 Å². The predicted octanol–water partition coefficient (Wildman–Crippen LogP) is 3.23. The van der Waals surface area contributed by atoms with E-state index >= 15 is 0 Å². The summed E-state index contributed by atoms with van der Waals surface area (Å²) in [6.07, 6.45) is -5.57. The molecule has 0 saturated heterocycles. The molecule has 14 heteroatoms. The molecule has 3 aromatic rings. The second-order valence-corrected chi connectivity index (χ2v) is 11.5. The highest BCUT2D eigenvalue weighted by Gasteiger charge is 2.51. The topological polar surface area (TPSA) is 147 Å². The number of alkyl halides is 3. The molecule has 0 fully saturated rings. The van der Waals surface area contributed by atoms with Crippen molar-refractivity contribution in [2.24, 2.45) is 0 Å². The molecule has 4 N–H and O–H groups in total. The van der Waals surface area contributed by atoms with Crippen molar-refractivity contribution in [2.45, 2.75) is 43.4 Å². The van der Waals surface area contributed by atoms with Crippen molar-refractivity contribution < 1.29 is 57.0 Å². The molecule has 4 unspecified atom stereocenters. The van der Waals surface area contributed by atoms with Crippen LogP contribution in [0.25, 0.3) is 0 Å². The van der Waals surface area contributed by atoms with E-state index < -0.39 is 47.7 Å². The number of nitrogens with zero attached hydrogens (tertiary/aromatic N) is 1. The van der Waals surface area contributed by atoms with Gasteiger partial charge in [-0.15, -0.1) is 0 Å². The maximum absolute atomic E-state index is 14.2. The monoisotopic (exact) mass is 686 g/mol. The van der Waals surface area contributed by atoms with E-state index in [1.807, 2.05) is 0 Å². The molecule has 2 aliphatic rings. The minimum absolute atomic E-state index is 0.0739. The van der Waals surface area contributed by atoms with E-state index in [2.05, 4.69) is 5.32 Å². The van der Waals surface area contributed by atoms with Crippen molar-refractivity contribution in [2.75, 3.05) is 41.0 Å². The minimum atomic E-state index is -4.62. The summed E-state index contributed by atoms with van der Waals surface area (Å²) in [6.45, 7) is -0.853. The first-order chi connectivity index (χ1) is 23.4. The summed E-state index contributed by atoms with van der Waals surface area (Å²) in [5, 5.41) is 33.9. The normalized spacial score (nSPS) is 19.6. The second-order valence-electron chi connectivity index (χ2n) is 11.5. The Morgan fingerprint density at radius 1 is 0.959 bits per heavy atom. The Labute approximate surface area is 280 Å². The summed E-state index contributed by atoms with van der Waals surface area (Å²) >= 11 is 0. The van der Waals surface area contributed by atoms with Gasteiger partial charge in [0.25, 0.3) is 5.91 Å². The van der Waals surface area contributed by atoms with Crippen LogP contribution in [0, 0.1) is 0 Å². The van der Waals surface area contributed by atoms with Crippen LogP contribution >= 0.6 is 0 Å². The number of methoxy groups -OCH3 is 3. The van der Waals surface area contributed by atoms with Crippen LogP contribution in [0.2, 0.25) is 0 Å². The van der Waals surface area contributed by atoms with Crippen LogP contribution < -0.4 is 24.3 Å². The molecule has 2 amide bonds. The van der Waals surface area contributed by atoms with Gasteiger partial charge in [-0.2, -0.15) is 13.2 Å². The molecule has 0 spiro atoms. The number of aliphatic hydroxyl groups excluding tert-OH is 3. The number of carbonyl (C=O) groups is 2. The molecule has 0 aromatic heterocycles. The van der Waals surface area contributed by atoms with E-state index in [1.165, 1.54) is 32.3 Å². The van der Waals surface area contributed by atoms with Gasteiger partial charge in [-0.25, -0.2) is 0 Å². The standard InChI is InChI=1S/C35H37F3N2O9/c1-46-23-8-9-27(47-2)21(16-23)10-12-40(34(45)20-4-6-22(7-5-20)35(36,37)38)26-17-25(33(44)39-11-13-41)29-24-14-19(18-42)15-28(48-3)31(24)49-32(29)30(26)43/h4-9,14-17,26,29-30,32,41-43H,10-13,18H2,1-3H3,(H,39,44). The van der Waals surface area contributed by atoms with E-state index in [-0.39, 0.29) is 55.4 Å². The van der Waals surface area contributed by atoms with E-state index in [9.17, 15) is 38.1 Å². The van der Waals surface area contributed by atoms with Crippen molar-refractivity contribution in [3.63, 3.8) is 0 Å². The molecular formula is C35H37F3N2O9. The van der Waals surface area contributed by atoms with Crippen molar-refractivity contribution >= 4 is 11.8 Å². The fourth-order valence-electron chi connectivity index (χ4n) is 6.29. The first kappa shape index (κ1) is 35.5. The number of rotatable bonds is 12. The van der Waals surface area contributed by atoms with Gasteiger partial charge in [-0.05, 0) is 78.2 Å². The van der Waals surface area contributed by atoms with Crippen LogP contribution in [-0.2, 0) is 24.0 Å². The number of hydrogen-bond donors (Lipinski definition) is 4. The highest BCUT2D eigenvalue weighted by atomic mass is 19.4. The molecule has 4 atom stereocenters. The quantitative estimate of drug-likeness (QED) is 0.226. The number of ether oxygens (including phenoxy) is 4. The summed E-state index contributed by atoms with van der Waals surface area (Å²) in [5.74, 6) is -0.639.